The third kappa shape index (κ3) is 17.9. The largest absolute Gasteiger partial charge is 0.508 e. The molecule has 0 radical (unpaired) electrons. The molecule has 0 heterocycles. The van der Waals surface area contributed by atoms with Crippen LogP contribution >= 0.6 is 0 Å². The Hall–Kier alpha value is -1.46. The van der Waals surface area contributed by atoms with Gasteiger partial charge in [0, 0.05) is 0 Å². The summed E-state index contributed by atoms with van der Waals surface area (Å²) in [5.74, 6) is 1.23. The van der Waals surface area contributed by atoms with E-state index >= 15 is 0 Å². The van der Waals surface area contributed by atoms with Gasteiger partial charge in [0.15, 0.2) is 0 Å². The van der Waals surface area contributed by atoms with Gasteiger partial charge in [-0.25, -0.2) is 9.59 Å². The zero-order chi connectivity index (χ0) is 26.4. The van der Waals surface area contributed by atoms with Crippen molar-refractivity contribution in [2.24, 2.45) is 11.8 Å². The molecule has 0 bridgehead atoms. The van der Waals surface area contributed by atoms with E-state index in [1.165, 1.54) is 57.8 Å². The topological polar surface area (TPSA) is 71.1 Å². The molecule has 6 heteroatoms. The smallest absolute Gasteiger partial charge is 0.434 e. The number of carbonyl (C=O) groups excluding carboxylic acids is 2. The quantitative estimate of drug-likeness (QED) is 0.119. The van der Waals surface area contributed by atoms with Crippen molar-refractivity contribution in [3.05, 3.63) is 0 Å². The van der Waals surface area contributed by atoms with Gasteiger partial charge in [-0.2, -0.15) is 0 Å². The Morgan fingerprint density at radius 3 is 1.72 bits per heavy atom. The molecule has 1 aliphatic carbocycles. The first kappa shape index (κ1) is 32.6. The van der Waals surface area contributed by atoms with Crippen LogP contribution < -0.4 is 0 Å². The summed E-state index contributed by atoms with van der Waals surface area (Å²) in [5, 5.41) is 0. The highest BCUT2D eigenvalue weighted by Gasteiger charge is 2.27. The highest BCUT2D eigenvalue weighted by molar-refractivity contribution is 5.60. The fraction of sp³-hybridized carbons (Fsp3) is 0.933. The van der Waals surface area contributed by atoms with E-state index in [1.807, 2.05) is 0 Å². The second kappa shape index (κ2) is 21.6. The molecule has 0 aliphatic heterocycles. The Morgan fingerprint density at radius 1 is 0.639 bits per heavy atom. The molecule has 0 N–H and O–H groups in total. The van der Waals surface area contributed by atoms with E-state index in [1.54, 1.807) is 0 Å². The van der Waals surface area contributed by atoms with Gasteiger partial charge in [-0.15, -0.1) is 0 Å². The fourth-order valence-corrected chi connectivity index (χ4v) is 4.89. The molecule has 1 rings (SSSR count). The first-order valence-corrected chi connectivity index (χ1v) is 15.1. The predicted octanol–water partition coefficient (Wildman–Crippen LogP) is 9.38. The van der Waals surface area contributed by atoms with Gasteiger partial charge < -0.3 is 18.9 Å². The molecule has 1 saturated carbocycles. The second-order valence-corrected chi connectivity index (χ2v) is 11.1. The third-order valence-electron chi connectivity index (χ3n) is 7.14. The minimum atomic E-state index is -0.572. The molecular formula is C30H56O6. The van der Waals surface area contributed by atoms with Crippen molar-refractivity contribution in [2.75, 3.05) is 13.2 Å². The van der Waals surface area contributed by atoms with Gasteiger partial charge in [-0.05, 0) is 56.8 Å². The number of ether oxygens (including phenoxy) is 4. The van der Waals surface area contributed by atoms with Gasteiger partial charge in [-0.3, -0.25) is 0 Å². The Balaban J connectivity index is 2.05. The zero-order valence-electron chi connectivity index (χ0n) is 23.9. The molecule has 1 unspecified atom stereocenters. The van der Waals surface area contributed by atoms with E-state index in [0.29, 0.717) is 44.8 Å². The average molecular weight is 513 g/mol. The van der Waals surface area contributed by atoms with Crippen LogP contribution in [0.5, 0.6) is 0 Å². The molecule has 0 amide bonds. The van der Waals surface area contributed by atoms with Crippen LogP contribution in [0.15, 0.2) is 0 Å². The lowest BCUT2D eigenvalue weighted by atomic mass is 9.95. The van der Waals surface area contributed by atoms with E-state index in [2.05, 4.69) is 27.7 Å². The van der Waals surface area contributed by atoms with E-state index in [0.717, 1.165) is 38.0 Å². The van der Waals surface area contributed by atoms with E-state index in [9.17, 15) is 9.59 Å². The Labute approximate surface area is 221 Å². The van der Waals surface area contributed by atoms with Crippen LogP contribution in [-0.4, -0.2) is 37.7 Å². The molecule has 0 aromatic heterocycles. The molecule has 0 saturated heterocycles. The van der Waals surface area contributed by atoms with E-state index in [-0.39, 0.29) is 12.2 Å². The van der Waals surface area contributed by atoms with Crippen molar-refractivity contribution in [1.29, 1.82) is 0 Å². The molecular weight excluding hydrogens is 456 g/mol. The molecule has 1 aliphatic rings. The predicted molar refractivity (Wildman–Crippen MR) is 145 cm³/mol. The minimum Gasteiger partial charge on any atom is -0.434 e. The zero-order valence-corrected chi connectivity index (χ0v) is 23.9. The van der Waals surface area contributed by atoms with Crippen LogP contribution in [0.1, 0.15) is 143 Å². The van der Waals surface area contributed by atoms with Crippen LogP contribution in [0.3, 0.4) is 0 Å². The summed E-state index contributed by atoms with van der Waals surface area (Å²) >= 11 is 0. The summed E-state index contributed by atoms with van der Waals surface area (Å²) in [6, 6.07) is 0. The maximum absolute atomic E-state index is 12.1. The van der Waals surface area contributed by atoms with Gasteiger partial charge in [0.05, 0.1) is 13.2 Å². The van der Waals surface area contributed by atoms with Gasteiger partial charge in [0.25, 0.3) is 0 Å². The molecule has 212 valence electrons. The first-order chi connectivity index (χ1) is 17.4. The number of unbranched alkanes of at least 4 members (excludes halogenated alkanes) is 8. The normalized spacial score (nSPS) is 18.6. The monoisotopic (exact) mass is 512 g/mol. The van der Waals surface area contributed by atoms with Gasteiger partial charge in [-0.1, -0.05) is 98.3 Å². The third-order valence-corrected chi connectivity index (χ3v) is 7.14. The number of rotatable bonds is 20. The molecule has 1 fully saturated rings. The number of carbonyl (C=O) groups is 2. The van der Waals surface area contributed by atoms with E-state index in [4.69, 9.17) is 18.9 Å². The minimum absolute atomic E-state index is 0.160. The summed E-state index contributed by atoms with van der Waals surface area (Å²) in [5.41, 5.74) is 0. The molecule has 6 nitrogen and oxygen atoms in total. The van der Waals surface area contributed by atoms with Gasteiger partial charge >= 0.3 is 12.3 Å². The van der Waals surface area contributed by atoms with Crippen LogP contribution in [0.25, 0.3) is 0 Å². The van der Waals surface area contributed by atoms with Crippen LogP contribution in [0, 0.1) is 11.8 Å². The Kier molecular flexibility index (Phi) is 19.5. The van der Waals surface area contributed by atoms with Crippen LogP contribution in [0.2, 0.25) is 0 Å². The summed E-state index contributed by atoms with van der Waals surface area (Å²) in [4.78, 5) is 24.1. The maximum Gasteiger partial charge on any atom is 0.508 e. The van der Waals surface area contributed by atoms with Gasteiger partial charge in [0.2, 0.25) is 0 Å². The summed E-state index contributed by atoms with van der Waals surface area (Å²) in [7, 11) is 0. The molecule has 1 atom stereocenters. The highest BCUT2D eigenvalue weighted by atomic mass is 16.7. The molecule has 0 aromatic rings. The van der Waals surface area contributed by atoms with Crippen LogP contribution in [-0.2, 0) is 18.9 Å². The molecule has 0 aromatic carbocycles. The molecule has 0 spiro atoms. The molecule has 36 heavy (non-hydrogen) atoms. The SMILES string of the molecule is CCCCCC(CCC)COC(=O)OC1CCC(OC(=O)OCCCCCCCCCC(C)C)CC1. The Bertz CT molecular complexity index is 542. The lowest BCUT2D eigenvalue weighted by Gasteiger charge is -2.27. The number of hydrogen-bond acceptors (Lipinski definition) is 6. The fourth-order valence-electron chi connectivity index (χ4n) is 4.89. The van der Waals surface area contributed by atoms with Crippen molar-refractivity contribution >= 4 is 12.3 Å². The first-order valence-electron chi connectivity index (χ1n) is 15.1. The second-order valence-electron chi connectivity index (χ2n) is 11.1. The van der Waals surface area contributed by atoms with Crippen molar-refractivity contribution in [3.63, 3.8) is 0 Å². The lowest BCUT2D eigenvalue weighted by molar-refractivity contribution is -0.0297. The summed E-state index contributed by atoms with van der Waals surface area (Å²) in [6.45, 7) is 9.79. The van der Waals surface area contributed by atoms with E-state index < -0.39 is 12.3 Å². The van der Waals surface area contributed by atoms with Crippen molar-refractivity contribution < 1.29 is 28.5 Å². The summed E-state index contributed by atoms with van der Waals surface area (Å²) in [6.07, 6.45) is 17.9. The van der Waals surface area contributed by atoms with Crippen molar-refractivity contribution in [2.45, 2.75) is 155 Å². The average Bonchev–Trinajstić information content (AvgIpc) is 2.85. The lowest BCUT2D eigenvalue weighted by Crippen LogP contribution is -2.30. The highest BCUT2D eigenvalue weighted by Crippen LogP contribution is 2.25. The number of hydrogen-bond donors (Lipinski definition) is 0. The maximum atomic E-state index is 12.1. The van der Waals surface area contributed by atoms with Crippen molar-refractivity contribution in [1.82, 2.24) is 0 Å². The Morgan fingerprint density at radius 2 is 1.17 bits per heavy atom. The van der Waals surface area contributed by atoms with Crippen LogP contribution in [0.4, 0.5) is 9.59 Å². The van der Waals surface area contributed by atoms with Gasteiger partial charge in [0.1, 0.15) is 12.2 Å². The van der Waals surface area contributed by atoms with Crippen molar-refractivity contribution in [3.8, 4) is 0 Å². The summed E-state index contributed by atoms with van der Waals surface area (Å²) < 4.78 is 21.6. The standard InChI is InChI=1S/C30H56O6/c1-5-7-13-18-26(16-6-2)24-34-30(32)36-28-21-19-27(20-22-28)35-29(31)33-23-15-12-10-8-9-11-14-17-25(3)4/h25-28H,5-24H2,1-4H3.